The molecule has 126 valence electrons. The van der Waals surface area contributed by atoms with E-state index in [0.717, 1.165) is 31.4 Å². The van der Waals surface area contributed by atoms with Crippen molar-refractivity contribution in [3.05, 3.63) is 34.1 Å². The number of benzene rings is 1. The molecule has 1 aromatic rings. The van der Waals surface area contributed by atoms with Crippen LogP contribution in [0, 0.1) is 21.8 Å². The number of amides is 1. The Labute approximate surface area is 134 Å². The van der Waals surface area contributed by atoms with Crippen LogP contribution in [0.4, 0.5) is 15.8 Å². The van der Waals surface area contributed by atoms with Crippen LogP contribution in [0.2, 0.25) is 0 Å². The minimum atomic E-state index is -0.921. The largest absolute Gasteiger partial charge is 0.324 e. The van der Waals surface area contributed by atoms with Crippen LogP contribution in [-0.4, -0.2) is 22.9 Å². The number of carbonyl (C=O) groups excluding carboxylic acids is 1. The van der Waals surface area contributed by atoms with E-state index in [2.05, 4.69) is 17.6 Å². The fourth-order valence-electron chi connectivity index (χ4n) is 2.94. The second-order valence-corrected chi connectivity index (χ2v) is 6.17. The number of nitrogens with one attached hydrogen (secondary N) is 2. The summed E-state index contributed by atoms with van der Waals surface area (Å²) < 4.78 is 13.3. The van der Waals surface area contributed by atoms with Gasteiger partial charge in [0.2, 0.25) is 11.7 Å². The maximum atomic E-state index is 13.3. The molecule has 0 aromatic heterocycles. The van der Waals surface area contributed by atoms with Crippen LogP contribution in [0.1, 0.15) is 39.5 Å². The van der Waals surface area contributed by atoms with E-state index in [1.54, 1.807) is 6.92 Å². The molecule has 3 atom stereocenters. The second-order valence-electron chi connectivity index (χ2n) is 6.17. The third kappa shape index (κ3) is 4.48. The summed E-state index contributed by atoms with van der Waals surface area (Å²) in [6.07, 6.45) is 4.57. The van der Waals surface area contributed by atoms with Crippen molar-refractivity contribution in [3.63, 3.8) is 0 Å². The van der Waals surface area contributed by atoms with Crippen molar-refractivity contribution < 1.29 is 14.1 Å². The SMILES string of the molecule is C[C@H](N[C@H]1CCCC[C@@H]1C)C(=O)Nc1ccc(F)c([N+](=O)[O-])c1. The third-order valence-corrected chi connectivity index (χ3v) is 4.38. The lowest BCUT2D eigenvalue weighted by molar-refractivity contribution is -0.387. The summed E-state index contributed by atoms with van der Waals surface area (Å²) in [5.74, 6) is -0.690. The molecule has 1 aliphatic rings. The van der Waals surface area contributed by atoms with Crippen molar-refractivity contribution in [2.45, 2.75) is 51.6 Å². The van der Waals surface area contributed by atoms with Gasteiger partial charge in [-0.1, -0.05) is 19.8 Å². The monoisotopic (exact) mass is 323 g/mol. The van der Waals surface area contributed by atoms with E-state index in [4.69, 9.17) is 0 Å². The summed E-state index contributed by atoms with van der Waals surface area (Å²) in [6.45, 7) is 3.93. The molecule has 1 fully saturated rings. The number of hydrogen-bond donors (Lipinski definition) is 2. The van der Waals surface area contributed by atoms with E-state index in [-0.39, 0.29) is 11.6 Å². The van der Waals surface area contributed by atoms with Gasteiger partial charge in [0.25, 0.3) is 0 Å². The molecular weight excluding hydrogens is 301 g/mol. The summed E-state index contributed by atoms with van der Waals surface area (Å²) in [5.41, 5.74) is -0.433. The summed E-state index contributed by atoms with van der Waals surface area (Å²) in [5, 5.41) is 16.6. The highest BCUT2D eigenvalue weighted by molar-refractivity contribution is 5.94. The predicted octanol–water partition coefficient (Wildman–Crippen LogP) is 3.23. The van der Waals surface area contributed by atoms with Crippen molar-refractivity contribution in [3.8, 4) is 0 Å². The maximum absolute atomic E-state index is 13.3. The molecule has 2 rings (SSSR count). The molecule has 2 N–H and O–H groups in total. The highest BCUT2D eigenvalue weighted by Gasteiger charge is 2.25. The lowest BCUT2D eigenvalue weighted by Gasteiger charge is -2.31. The van der Waals surface area contributed by atoms with Crippen molar-refractivity contribution in [1.82, 2.24) is 5.32 Å². The first-order valence-corrected chi connectivity index (χ1v) is 7.89. The topological polar surface area (TPSA) is 84.3 Å². The van der Waals surface area contributed by atoms with E-state index in [1.165, 1.54) is 12.5 Å². The number of carbonyl (C=O) groups is 1. The molecule has 0 unspecified atom stereocenters. The van der Waals surface area contributed by atoms with Crippen LogP contribution >= 0.6 is 0 Å². The Balaban J connectivity index is 1.98. The van der Waals surface area contributed by atoms with Crippen LogP contribution in [0.5, 0.6) is 0 Å². The van der Waals surface area contributed by atoms with Crippen molar-refractivity contribution in [2.24, 2.45) is 5.92 Å². The highest BCUT2D eigenvalue weighted by atomic mass is 19.1. The minimum Gasteiger partial charge on any atom is -0.324 e. The van der Waals surface area contributed by atoms with Crippen LogP contribution in [0.25, 0.3) is 0 Å². The molecule has 0 spiro atoms. The Morgan fingerprint density at radius 3 is 2.74 bits per heavy atom. The molecule has 0 bridgehead atoms. The van der Waals surface area contributed by atoms with E-state index >= 15 is 0 Å². The standard InChI is InChI=1S/C16H22FN3O3/c1-10-5-3-4-6-14(10)18-11(2)16(21)19-12-7-8-13(17)15(9-12)20(22)23/h7-11,14,18H,3-6H2,1-2H3,(H,19,21)/t10-,11-,14-/m0/s1. The fraction of sp³-hybridized carbons (Fsp3) is 0.562. The Morgan fingerprint density at radius 1 is 1.39 bits per heavy atom. The highest BCUT2D eigenvalue weighted by Crippen LogP contribution is 2.24. The Kier molecular flexibility index (Phi) is 5.65. The zero-order valence-electron chi connectivity index (χ0n) is 13.3. The van der Waals surface area contributed by atoms with Crippen LogP contribution in [0.3, 0.4) is 0 Å². The van der Waals surface area contributed by atoms with Gasteiger partial charge in [0.15, 0.2) is 0 Å². The lowest BCUT2D eigenvalue weighted by atomic mass is 9.85. The van der Waals surface area contributed by atoms with Gasteiger partial charge in [-0.25, -0.2) is 0 Å². The molecule has 0 saturated heterocycles. The molecule has 1 saturated carbocycles. The number of hydrogen-bond acceptors (Lipinski definition) is 4. The molecular formula is C16H22FN3O3. The van der Waals surface area contributed by atoms with E-state index in [1.807, 2.05) is 0 Å². The molecule has 0 heterocycles. The Bertz CT molecular complexity index is 594. The average Bonchev–Trinajstić information content (AvgIpc) is 2.51. The second kappa shape index (κ2) is 7.50. The van der Waals surface area contributed by atoms with Gasteiger partial charge < -0.3 is 10.6 Å². The number of rotatable bonds is 5. The number of nitro groups is 1. The van der Waals surface area contributed by atoms with Crippen molar-refractivity contribution >= 4 is 17.3 Å². The molecule has 0 aliphatic heterocycles. The van der Waals surface area contributed by atoms with E-state index in [9.17, 15) is 19.3 Å². The van der Waals surface area contributed by atoms with Gasteiger partial charge >= 0.3 is 5.69 Å². The van der Waals surface area contributed by atoms with Gasteiger partial charge in [-0.3, -0.25) is 14.9 Å². The molecule has 1 amide bonds. The van der Waals surface area contributed by atoms with Crippen LogP contribution in [-0.2, 0) is 4.79 Å². The maximum Gasteiger partial charge on any atom is 0.306 e. The summed E-state index contributed by atoms with van der Waals surface area (Å²) in [7, 11) is 0. The summed E-state index contributed by atoms with van der Waals surface area (Å²) in [4.78, 5) is 22.1. The number of halogens is 1. The zero-order valence-corrected chi connectivity index (χ0v) is 13.3. The lowest BCUT2D eigenvalue weighted by Crippen LogP contribution is -2.47. The molecule has 1 aliphatic carbocycles. The summed E-state index contributed by atoms with van der Waals surface area (Å²) in [6, 6.07) is 3.20. The van der Waals surface area contributed by atoms with E-state index < -0.39 is 22.5 Å². The zero-order chi connectivity index (χ0) is 17.0. The normalized spacial score (nSPS) is 22.4. The minimum absolute atomic E-state index is 0.216. The Morgan fingerprint density at radius 2 is 2.09 bits per heavy atom. The van der Waals surface area contributed by atoms with Gasteiger partial charge in [0.1, 0.15) is 0 Å². The quantitative estimate of drug-likeness (QED) is 0.643. The van der Waals surface area contributed by atoms with Crippen molar-refractivity contribution in [1.29, 1.82) is 0 Å². The predicted molar refractivity (Wildman–Crippen MR) is 85.7 cm³/mol. The van der Waals surface area contributed by atoms with E-state index in [0.29, 0.717) is 12.0 Å². The first kappa shape index (κ1) is 17.3. The van der Waals surface area contributed by atoms with Gasteiger partial charge in [-0.15, -0.1) is 0 Å². The molecule has 0 radical (unpaired) electrons. The molecule has 7 heteroatoms. The first-order chi connectivity index (χ1) is 10.9. The third-order valence-electron chi connectivity index (χ3n) is 4.38. The van der Waals surface area contributed by atoms with Gasteiger partial charge in [-0.2, -0.15) is 4.39 Å². The number of nitro benzene ring substituents is 1. The fourth-order valence-corrected chi connectivity index (χ4v) is 2.94. The smallest absolute Gasteiger partial charge is 0.306 e. The first-order valence-electron chi connectivity index (χ1n) is 7.89. The average molecular weight is 323 g/mol. The number of anilines is 1. The molecule has 23 heavy (non-hydrogen) atoms. The van der Waals surface area contributed by atoms with Gasteiger partial charge in [0.05, 0.1) is 11.0 Å². The van der Waals surface area contributed by atoms with Crippen LogP contribution < -0.4 is 10.6 Å². The Hall–Kier alpha value is -2.02. The summed E-state index contributed by atoms with van der Waals surface area (Å²) >= 11 is 0. The van der Waals surface area contributed by atoms with Gasteiger partial charge in [0, 0.05) is 17.8 Å². The van der Waals surface area contributed by atoms with Crippen molar-refractivity contribution in [2.75, 3.05) is 5.32 Å². The van der Waals surface area contributed by atoms with Gasteiger partial charge in [-0.05, 0) is 37.8 Å². The molecule has 1 aromatic carbocycles. The number of nitrogens with zero attached hydrogens (tertiary/aromatic N) is 1. The molecule has 6 nitrogen and oxygen atoms in total. The van der Waals surface area contributed by atoms with Crippen LogP contribution in [0.15, 0.2) is 18.2 Å².